The van der Waals surface area contributed by atoms with E-state index in [1.54, 1.807) is 18.4 Å². The first-order valence-corrected chi connectivity index (χ1v) is 8.15. The number of piperazine rings is 1. The van der Waals surface area contributed by atoms with E-state index in [0.717, 1.165) is 38.4 Å². The standard InChI is InChI=1S/C18H17N5O2/c19-12-15-18(25-17(21-15)16-5-3-11-24-16)23-9-7-22(8-10-23)13-14-4-1-2-6-20-14/h1-6,11H,7-10,13H2. The van der Waals surface area contributed by atoms with Crippen LogP contribution in [0.1, 0.15) is 11.4 Å². The monoisotopic (exact) mass is 335 g/mol. The first kappa shape index (κ1) is 15.4. The van der Waals surface area contributed by atoms with Crippen molar-refractivity contribution in [1.82, 2.24) is 14.9 Å². The molecule has 3 aromatic rings. The predicted molar refractivity (Wildman–Crippen MR) is 90.6 cm³/mol. The van der Waals surface area contributed by atoms with Gasteiger partial charge >= 0.3 is 0 Å². The first-order chi connectivity index (χ1) is 12.3. The van der Waals surface area contributed by atoms with Crippen LogP contribution in [0, 0.1) is 11.3 Å². The van der Waals surface area contributed by atoms with Gasteiger partial charge in [0, 0.05) is 38.9 Å². The molecule has 1 aliphatic heterocycles. The second-order valence-corrected chi connectivity index (χ2v) is 5.85. The van der Waals surface area contributed by atoms with E-state index in [4.69, 9.17) is 8.83 Å². The van der Waals surface area contributed by atoms with Gasteiger partial charge in [-0.05, 0) is 24.3 Å². The van der Waals surface area contributed by atoms with Crippen LogP contribution in [0.4, 0.5) is 5.88 Å². The third-order valence-electron chi connectivity index (χ3n) is 4.22. The molecule has 0 aliphatic carbocycles. The fourth-order valence-electron chi connectivity index (χ4n) is 2.93. The summed E-state index contributed by atoms with van der Waals surface area (Å²) in [5.41, 5.74) is 1.36. The number of nitriles is 1. The fourth-order valence-corrected chi connectivity index (χ4v) is 2.93. The third-order valence-corrected chi connectivity index (χ3v) is 4.22. The molecule has 0 atom stereocenters. The minimum atomic E-state index is 0.296. The molecule has 126 valence electrons. The lowest BCUT2D eigenvalue weighted by atomic mass is 10.2. The van der Waals surface area contributed by atoms with Gasteiger partial charge in [0.25, 0.3) is 5.89 Å². The predicted octanol–water partition coefficient (Wildman–Crippen LogP) is 2.52. The van der Waals surface area contributed by atoms with Gasteiger partial charge in [-0.25, -0.2) is 0 Å². The van der Waals surface area contributed by atoms with Crippen molar-refractivity contribution < 1.29 is 8.83 Å². The van der Waals surface area contributed by atoms with Crippen molar-refractivity contribution in [2.24, 2.45) is 0 Å². The van der Waals surface area contributed by atoms with E-state index < -0.39 is 0 Å². The fraction of sp³-hybridized carbons (Fsp3) is 0.278. The van der Waals surface area contributed by atoms with E-state index in [9.17, 15) is 5.26 Å². The van der Waals surface area contributed by atoms with Crippen LogP contribution < -0.4 is 4.90 Å². The van der Waals surface area contributed by atoms with Crippen LogP contribution in [-0.4, -0.2) is 41.0 Å². The summed E-state index contributed by atoms with van der Waals surface area (Å²) < 4.78 is 11.1. The SMILES string of the molecule is N#Cc1nc(-c2ccco2)oc1N1CCN(Cc2ccccn2)CC1. The number of oxazole rings is 1. The minimum absolute atomic E-state index is 0.296. The van der Waals surface area contributed by atoms with Crippen LogP contribution in [0.5, 0.6) is 0 Å². The van der Waals surface area contributed by atoms with Gasteiger partial charge in [-0.3, -0.25) is 9.88 Å². The Hall–Kier alpha value is -3.11. The van der Waals surface area contributed by atoms with Crippen molar-refractivity contribution in [1.29, 1.82) is 5.26 Å². The van der Waals surface area contributed by atoms with Gasteiger partial charge in [-0.1, -0.05) is 6.07 Å². The maximum atomic E-state index is 9.36. The topological polar surface area (TPSA) is 82.3 Å². The number of pyridine rings is 1. The summed E-state index contributed by atoms with van der Waals surface area (Å²) in [6.07, 6.45) is 3.37. The largest absolute Gasteiger partial charge is 0.459 e. The van der Waals surface area contributed by atoms with Crippen LogP contribution >= 0.6 is 0 Å². The molecule has 0 N–H and O–H groups in total. The van der Waals surface area contributed by atoms with Crippen molar-refractivity contribution in [3.63, 3.8) is 0 Å². The number of rotatable bonds is 4. The smallest absolute Gasteiger partial charge is 0.266 e. The summed E-state index contributed by atoms with van der Waals surface area (Å²) in [7, 11) is 0. The van der Waals surface area contributed by atoms with Crippen LogP contribution in [-0.2, 0) is 6.54 Å². The molecule has 0 saturated carbocycles. The van der Waals surface area contributed by atoms with Crippen LogP contribution in [0.25, 0.3) is 11.7 Å². The van der Waals surface area contributed by atoms with Crippen molar-refractivity contribution in [2.75, 3.05) is 31.1 Å². The van der Waals surface area contributed by atoms with Crippen molar-refractivity contribution in [3.05, 3.63) is 54.2 Å². The summed E-state index contributed by atoms with van der Waals surface area (Å²) in [5.74, 6) is 1.38. The molecule has 25 heavy (non-hydrogen) atoms. The molecule has 1 aliphatic rings. The maximum absolute atomic E-state index is 9.36. The zero-order chi connectivity index (χ0) is 17.1. The number of anilines is 1. The van der Waals surface area contributed by atoms with Gasteiger partial charge in [-0.15, -0.1) is 0 Å². The summed E-state index contributed by atoms with van der Waals surface area (Å²) in [6.45, 7) is 4.12. The van der Waals surface area contributed by atoms with Crippen molar-refractivity contribution in [3.8, 4) is 17.7 Å². The van der Waals surface area contributed by atoms with E-state index >= 15 is 0 Å². The number of furan rings is 1. The molecule has 7 heteroatoms. The number of nitrogens with zero attached hydrogens (tertiary/aromatic N) is 5. The van der Waals surface area contributed by atoms with Crippen molar-refractivity contribution in [2.45, 2.75) is 6.54 Å². The zero-order valence-electron chi connectivity index (χ0n) is 13.6. The number of aromatic nitrogens is 2. The summed E-state index contributed by atoms with van der Waals surface area (Å²) in [4.78, 5) is 13.0. The van der Waals surface area contributed by atoms with Crippen LogP contribution in [0.2, 0.25) is 0 Å². The average molecular weight is 335 g/mol. The first-order valence-electron chi connectivity index (χ1n) is 8.15. The normalized spacial score (nSPS) is 15.2. The van der Waals surface area contributed by atoms with Gasteiger partial charge in [-0.2, -0.15) is 10.2 Å². The highest BCUT2D eigenvalue weighted by Crippen LogP contribution is 2.29. The lowest BCUT2D eigenvalue weighted by Gasteiger charge is -2.34. The summed E-state index contributed by atoms with van der Waals surface area (Å²) in [6, 6.07) is 11.6. The Morgan fingerprint density at radius 1 is 1.12 bits per heavy atom. The molecule has 0 radical (unpaired) electrons. The highest BCUT2D eigenvalue weighted by atomic mass is 16.4. The Bertz CT molecular complexity index is 859. The second-order valence-electron chi connectivity index (χ2n) is 5.85. The molecule has 0 unspecified atom stereocenters. The van der Waals surface area contributed by atoms with E-state index in [1.807, 2.05) is 24.4 Å². The molecule has 3 aromatic heterocycles. The minimum Gasteiger partial charge on any atom is -0.459 e. The van der Waals surface area contributed by atoms with E-state index in [0.29, 0.717) is 23.2 Å². The molecule has 0 spiro atoms. The zero-order valence-corrected chi connectivity index (χ0v) is 13.6. The molecular formula is C18H17N5O2. The molecule has 0 aromatic carbocycles. The summed E-state index contributed by atoms with van der Waals surface area (Å²) in [5, 5.41) is 9.36. The summed E-state index contributed by atoms with van der Waals surface area (Å²) >= 11 is 0. The molecule has 0 bridgehead atoms. The highest BCUT2D eigenvalue weighted by molar-refractivity contribution is 5.55. The Kier molecular flexibility index (Phi) is 4.19. The van der Waals surface area contributed by atoms with Gasteiger partial charge in [0.1, 0.15) is 6.07 Å². The molecule has 1 saturated heterocycles. The molecular weight excluding hydrogens is 318 g/mol. The Morgan fingerprint density at radius 3 is 2.68 bits per heavy atom. The molecule has 4 rings (SSSR count). The van der Waals surface area contributed by atoms with E-state index in [2.05, 4.69) is 25.8 Å². The van der Waals surface area contributed by atoms with Crippen LogP contribution in [0.3, 0.4) is 0 Å². The van der Waals surface area contributed by atoms with Crippen LogP contribution in [0.15, 0.2) is 51.6 Å². The third kappa shape index (κ3) is 3.25. The lowest BCUT2D eigenvalue weighted by Crippen LogP contribution is -2.46. The number of hydrogen-bond donors (Lipinski definition) is 0. The van der Waals surface area contributed by atoms with E-state index in [1.165, 1.54) is 0 Å². The van der Waals surface area contributed by atoms with Gasteiger partial charge < -0.3 is 13.7 Å². The number of hydrogen-bond acceptors (Lipinski definition) is 7. The Balaban J connectivity index is 1.45. The second kappa shape index (κ2) is 6.79. The molecule has 0 amide bonds. The average Bonchev–Trinajstić information content (AvgIpc) is 3.33. The van der Waals surface area contributed by atoms with Crippen molar-refractivity contribution >= 4 is 5.88 Å². The Labute approximate surface area is 145 Å². The molecule has 7 nitrogen and oxygen atoms in total. The highest BCUT2D eigenvalue weighted by Gasteiger charge is 2.25. The Morgan fingerprint density at radius 2 is 2.00 bits per heavy atom. The van der Waals surface area contributed by atoms with Gasteiger partial charge in [0.15, 0.2) is 5.76 Å². The maximum Gasteiger partial charge on any atom is 0.266 e. The lowest BCUT2D eigenvalue weighted by molar-refractivity contribution is 0.243. The van der Waals surface area contributed by atoms with Gasteiger partial charge in [0.2, 0.25) is 11.6 Å². The molecule has 4 heterocycles. The molecule has 1 fully saturated rings. The van der Waals surface area contributed by atoms with E-state index in [-0.39, 0.29) is 0 Å². The quantitative estimate of drug-likeness (QED) is 0.724. The van der Waals surface area contributed by atoms with Gasteiger partial charge in [0.05, 0.1) is 12.0 Å².